The molecule has 0 heterocycles. The lowest BCUT2D eigenvalue weighted by Gasteiger charge is -2.21. The van der Waals surface area contributed by atoms with Gasteiger partial charge in [-0.1, -0.05) is 6.92 Å². The fourth-order valence-corrected chi connectivity index (χ4v) is 0.951. The highest BCUT2D eigenvalue weighted by molar-refractivity contribution is 5.86. The minimum absolute atomic E-state index is 0.0502. The van der Waals surface area contributed by atoms with Gasteiger partial charge in [0.05, 0.1) is 0 Å². The highest BCUT2D eigenvalue weighted by Crippen LogP contribution is 2.00. The van der Waals surface area contributed by atoms with Crippen LogP contribution >= 0.6 is 0 Å². The topological polar surface area (TPSA) is 121 Å². The molecule has 0 radical (unpaired) electrons. The molecule has 0 aliphatic carbocycles. The average molecular weight is 218 g/mol. The molecule has 1 unspecified atom stereocenters. The normalized spacial score (nSPS) is 11.9. The predicted molar refractivity (Wildman–Crippen MR) is 50.1 cm³/mol. The Morgan fingerprint density at radius 3 is 1.87 bits per heavy atom. The Hall–Kier alpha value is -1.63. The van der Waals surface area contributed by atoms with Crippen LogP contribution in [0.1, 0.15) is 6.92 Å². The molecule has 0 aromatic heterocycles. The van der Waals surface area contributed by atoms with E-state index >= 15 is 0 Å². The number of carboxylic acid groups (broad SMARTS) is 2. The molecular formula is C8H14N2O5. The summed E-state index contributed by atoms with van der Waals surface area (Å²) in [6.45, 7) is 0.304. The maximum Gasteiger partial charge on any atom is 0.323 e. The van der Waals surface area contributed by atoms with Gasteiger partial charge in [0, 0.05) is 12.5 Å². The van der Waals surface area contributed by atoms with Crippen molar-refractivity contribution < 1.29 is 24.6 Å². The number of nitrogens with zero attached hydrogens (tertiary/aromatic N) is 1. The molecule has 0 aliphatic heterocycles. The summed E-state index contributed by atoms with van der Waals surface area (Å²) < 4.78 is 0. The summed E-state index contributed by atoms with van der Waals surface area (Å²) in [5.74, 6) is -3.66. The monoisotopic (exact) mass is 218 g/mol. The number of amides is 1. The molecule has 15 heavy (non-hydrogen) atoms. The first-order valence-electron chi connectivity index (χ1n) is 4.31. The Morgan fingerprint density at radius 1 is 1.20 bits per heavy atom. The van der Waals surface area contributed by atoms with Crippen LogP contribution in [0.2, 0.25) is 0 Å². The van der Waals surface area contributed by atoms with Crippen molar-refractivity contribution in [2.45, 2.75) is 6.92 Å². The van der Waals surface area contributed by atoms with Crippen LogP contribution in [-0.4, -0.2) is 52.6 Å². The van der Waals surface area contributed by atoms with Gasteiger partial charge < -0.3 is 20.8 Å². The van der Waals surface area contributed by atoms with Crippen molar-refractivity contribution in [3.05, 3.63) is 0 Å². The van der Waals surface area contributed by atoms with E-state index in [-0.39, 0.29) is 6.54 Å². The van der Waals surface area contributed by atoms with E-state index in [1.165, 1.54) is 6.92 Å². The number of hydrogen-bond acceptors (Lipinski definition) is 4. The average Bonchev–Trinajstić information content (AvgIpc) is 2.13. The highest BCUT2D eigenvalue weighted by atomic mass is 16.4. The van der Waals surface area contributed by atoms with Gasteiger partial charge in [0.1, 0.15) is 13.1 Å². The van der Waals surface area contributed by atoms with Gasteiger partial charge in [-0.25, -0.2) is 0 Å². The van der Waals surface area contributed by atoms with Gasteiger partial charge in [0.25, 0.3) is 0 Å². The largest absolute Gasteiger partial charge is 0.480 e. The van der Waals surface area contributed by atoms with Gasteiger partial charge in [-0.15, -0.1) is 0 Å². The van der Waals surface area contributed by atoms with Crippen molar-refractivity contribution in [3.63, 3.8) is 0 Å². The van der Waals surface area contributed by atoms with Crippen molar-refractivity contribution in [1.29, 1.82) is 0 Å². The van der Waals surface area contributed by atoms with E-state index in [1.54, 1.807) is 0 Å². The summed E-state index contributed by atoms with van der Waals surface area (Å²) in [5, 5.41) is 17.0. The molecule has 86 valence electrons. The lowest BCUT2D eigenvalue weighted by atomic mass is 10.1. The summed E-state index contributed by atoms with van der Waals surface area (Å²) in [7, 11) is 0. The third kappa shape index (κ3) is 4.96. The number of rotatable bonds is 6. The van der Waals surface area contributed by atoms with Gasteiger partial charge in [0.15, 0.2) is 0 Å². The summed E-state index contributed by atoms with van der Waals surface area (Å²) in [6.07, 6.45) is 0. The number of carbonyl (C=O) groups excluding carboxylic acids is 1. The summed E-state index contributed by atoms with van der Waals surface area (Å²) >= 11 is 0. The van der Waals surface area contributed by atoms with Gasteiger partial charge in [-0.05, 0) is 0 Å². The molecule has 0 aromatic carbocycles. The zero-order valence-electron chi connectivity index (χ0n) is 8.34. The Bertz CT molecular complexity index is 250. The van der Waals surface area contributed by atoms with Crippen LogP contribution in [0.15, 0.2) is 0 Å². The molecule has 0 spiro atoms. The standard InChI is InChI=1S/C8H14N2O5/c1-5(2-9)8(15)10(3-6(11)12)4-7(13)14/h5H,2-4,9H2,1H3,(H,11,12)(H,13,14). The molecule has 1 amide bonds. The smallest absolute Gasteiger partial charge is 0.323 e. The second-order valence-corrected chi connectivity index (χ2v) is 3.12. The van der Waals surface area contributed by atoms with Crippen molar-refractivity contribution in [2.24, 2.45) is 11.7 Å². The third-order valence-corrected chi connectivity index (χ3v) is 1.74. The molecule has 0 rings (SSSR count). The van der Waals surface area contributed by atoms with Gasteiger partial charge in [-0.3, -0.25) is 14.4 Å². The first-order valence-corrected chi connectivity index (χ1v) is 4.31. The van der Waals surface area contributed by atoms with E-state index in [9.17, 15) is 14.4 Å². The molecule has 7 nitrogen and oxygen atoms in total. The molecule has 0 bridgehead atoms. The molecule has 0 fully saturated rings. The quantitative estimate of drug-likeness (QED) is 0.503. The van der Waals surface area contributed by atoms with Crippen molar-refractivity contribution in [2.75, 3.05) is 19.6 Å². The summed E-state index contributed by atoms with van der Waals surface area (Å²) in [6, 6.07) is 0. The van der Waals surface area contributed by atoms with Crippen molar-refractivity contribution in [1.82, 2.24) is 4.90 Å². The molecule has 0 aliphatic rings. The Kier molecular flexibility index (Phi) is 5.32. The van der Waals surface area contributed by atoms with Crippen LogP contribution in [0, 0.1) is 5.92 Å². The Morgan fingerprint density at radius 2 is 1.60 bits per heavy atom. The van der Waals surface area contributed by atoms with E-state index in [4.69, 9.17) is 15.9 Å². The van der Waals surface area contributed by atoms with Gasteiger partial charge in [-0.2, -0.15) is 0 Å². The molecule has 7 heteroatoms. The SMILES string of the molecule is CC(CN)C(=O)N(CC(=O)O)CC(=O)O. The fourth-order valence-electron chi connectivity index (χ4n) is 0.951. The van der Waals surface area contributed by atoms with Crippen LogP contribution in [-0.2, 0) is 14.4 Å². The Labute approximate surface area is 86.5 Å². The van der Waals surface area contributed by atoms with Gasteiger partial charge in [0.2, 0.25) is 5.91 Å². The second kappa shape index (κ2) is 5.97. The minimum atomic E-state index is -1.26. The van der Waals surface area contributed by atoms with Gasteiger partial charge >= 0.3 is 11.9 Å². The zero-order valence-corrected chi connectivity index (χ0v) is 8.34. The first kappa shape index (κ1) is 13.4. The minimum Gasteiger partial charge on any atom is -0.480 e. The van der Waals surface area contributed by atoms with Crippen LogP contribution in [0.3, 0.4) is 0 Å². The second-order valence-electron chi connectivity index (χ2n) is 3.12. The number of carboxylic acids is 2. The summed E-state index contributed by atoms with van der Waals surface area (Å²) in [5.41, 5.74) is 5.23. The number of aliphatic carboxylic acids is 2. The number of carbonyl (C=O) groups is 3. The van der Waals surface area contributed by atoms with E-state index in [0.717, 1.165) is 4.90 Å². The van der Waals surface area contributed by atoms with E-state index in [1.807, 2.05) is 0 Å². The molecule has 0 saturated carbocycles. The number of nitrogens with two attached hydrogens (primary N) is 1. The predicted octanol–water partition coefficient (Wildman–Crippen LogP) is -1.42. The molecule has 4 N–H and O–H groups in total. The lowest BCUT2D eigenvalue weighted by molar-refractivity contribution is -0.150. The molecule has 1 atom stereocenters. The Balaban J connectivity index is 4.53. The number of hydrogen-bond donors (Lipinski definition) is 3. The maximum absolute atomic E-state index is 11.5. The maximum atomic E-state index is 11.5. The van der Waals surface area contributed by atoms with Crippen LogP contribution in [0.5, 0.6) is 0 Å². The summed E-state index contributed by atoms with van der Waals surface area (Å²) in [4.78, 5) is 33.0. The van der Waals surface area contributed by atoms with E-state index in [2.05, 4.69) is 0 Å². The van der Waals surface area contributed by atoms with E-state index in [0.29, 0.717) is 0 Å². The van der Waals surface area contributed by atoms with Crippen LogP contribution in [0.4, 0.5) is 0 Å². The first-order chi connectivity index (χ1) is 6.88. The van der Waals surface area contributed by atoms with Crippen molar-refractivity contribution in [3.8, 4) is 0 Å². The molecule has 0 saturated heterocycles. The van der Waals surface area contributed by atoms with Crippen LogP contribution < -0.4 is 5.73 Å². The lowest BCUT2D eigenvalue weighted by Crippen LogP contribution is -2.43. The molecule has 0 aromatic rings. The molecular weight excluding hydrogens is 204 g/mol. The van der Waals surface area contributed by atoms with Crippen LogP contribution in [0.25, 0.3) is 0 Å². The highest BCUT2D eigenvalue weighted by Gasteiger charge is 2.23. The van der Waals surface area contributed by atoms with Crippen molar-refractivity contribution >= 4 is 17.8 Å². The fraction of sp³-hybridized carbons (Fsp3) is 0.625. The zero-order chi connectivity index (χ0) is 12.0. The third-order valence-electron chi connectivity index (χ3n) is 1.74. The van der Waals surface area contributed by atoms with E-state index < -0.39 is 36.9 Å².